The fourth-order valence-corrected chi connectivity index (χ4v) is 6.97. The Morgan fingerprint density at radius 2 is 1.73 bits per heavy atom. The number of benzene rings is 4. The lowest BCUT2D eigenvalue weighted by Crippen LogP contribution is -2.46. The van der Waals surface area contributed by atoms with Crippen molar-refractivity contribution in [3.63, 3.8) is 0 Å². The van der Waals surface area contributed by atoms with Crippen molar-refractivity contribution >= 4 is 28.3 Å². The molecule has 7 rings (SSSR count). The Morgan fingerprint density at radius 3 is 2.56 bits per heavy atom. The highest BCUT2D eigenvalue weighted by Gasteiger charge is 2.52. The van der Waals surface area contributed by atoms with Crippen LogP contribution in [0.5, 0.6) is 0 Å². The number of aliphatic hydroxyl groups is 2. The van der Waals surface area contributed by atoms with E-state index in [1.165, 1.54) is 4.68 Å². The lowest BCUT2D eigenvalue weighted by molar-refractivity contribution is -0.139. The van der Waals surface area contributed by atoms with E-state index in [0.717, 1.165) is 22.1 Å². The van der Waals surface area contributed by atoms with Crippen LogP contribution in [0.2, 0.25) is 0 Å². The van der Waals surface area contributed by atoms with Crippen LogP contribution in [0.1, 0.15) is 35.6 Å². The van der Waals surface area contributed by atoms with Gasteiger partial charge in [0.05, 0.1) is 42.2 Å². The molecule has 9 heteroatoms. The van der Waals surface area contributed by atoms with Crippen molar-refractivity contribution in [2.75, 3.05) is 11.5 Å². The highest BCUT2D eigenvalue weighted by molar-refractivity contribution is 6.07. The normalized spacial score (nSPS) is 19.5. The van der Waals surface area contributed by atoms with E-state index in [1.807, 2.05) is 72.8 Å². The molecular weight excluding hydrogens is 604 g/mol. The number of aromatic nitrogens is 2. The zero-order valence-electron chi connectivity index (χ0n) is 26.6. The number of hydrogen-bond donors (Lipinski definition) is 2. The Bertz CT molecular complexity index is 2120. The maximum Gasteiger partial charge on any atom is 0.279 e. The van der Waals surface area contributed by atoms with Crippen molar-refractivity contribution in [2.24, 2.45) is 5.92 Å². The minimum atomic E-state index is -1.84. The number of carbonyl (C=O) groups excluding carboxylic acids is 2. The number of fused-ring (bicyclic) bond motifs is 3. The van der Waals surface area contributed by atoms with Gasteiger partial charge in [-0.2, -0.15) is 9.78 Å². The van der Waals surface area contributed by atoms with Crippen molar-refractivity contribution in [1.29, 1.82) is 0 Å². The van der Waals surface area contributed by atoms with Crippen molar-refractivity contribution in [3.05, 3.63) is 148 Å². The lowest BCUT2D eigenvalue weighted by Gasteiger charge is -2.36. The summed E-state index contributed by atoms with van der Waals surface area (Å²) < 4.78 is 1.35. The van der Waals surface area contributed by atoms with E-state index in [1.54, 1.807) is 59.3 Å². The van der Waals surface area contributed by atoms with Gasteiger partial charge in [0, 0.05) is 29.8 Å². The molecule has 3 heterocycles. The molecule has 0 saturated heterocycles. The maximum atomic E-state index is 14.1. The molecule has 242 valence electrons. The van der Waals surface area contributed by atoms with Gasteiger partial charge in [-0.25, -0.2) is 0 Å². The Kier molecular flexibility index (Phi) is 8.24. The van der Waals surface area contributed by atoms with E-state index in [4.69, 9.17) is 0 Å². The van der Waals surface area contributed by atoms with Crippen LogP contribution in [0.4, 0.5) is 5.69 Å². The molecule has 0 radical (unpaired) electrons. The van der Waals surface area contributed by atoms with Gasteiger partial charge >= 0.3 is 0 Å². The molecule has 5 aromatic rings. The van der Waals surface area contributed by atoms with Gasteiger partial charge in [-0.1, -0.05) is 91.9 Å². The minimum absolute atomic E-state index is 0.0770. The van der Waals surface area contributed by atoms with Gasteiger partial charge in [-0.15, -0.1) is 0 Å². The summed E-state index contributed by atoms with van der Waals surface area (Å²) in [4.78, 5) is 43.9. The quantitative estimate of drug-likeness (QED) is 0.239. The molecule has 2 amide bonds. The van der Waals surface area contributed by atoms with E-state index < -0.39 is 17.4 Å². The molecule has 48 heavy (non-hydrogen) atoms. The Morgan fingerprint density at radius 1 is 0.979 bits per heavy atom. The smallest absolute Gasteiger partial charge is 0.279 e. The second-order valence-corrected chi connectivity index (χ2v) is 12.5. The first-order valence-electron chi connectivity index (χ1n) is 16.1. The highest BCUT2D eigenvalue weighted by atomic mass is 16.3. The van der Waals surface area contributed by atoms with Gasteiger partial charge < -0.3 is 20.0 Å². The van der Waals surface area contributed by atoms with Crippen LogP contribution in [0, 0.1) is 5.92 Å². The van der Waals surface area contributed by atoms with Crippen LogP contribution in [-0.4, -0.2) is 49.4 Å². The second-order valence-electron chi connectivity index (χ2n) is 12.5. The molecule has 0 fully saturated rings. The molecule has 2 aliphatic heterocycles. The highest BCUT2D eigenvalue weighted by Crippen LogP contribution is 2.45. The Hall–Kier alpha value is -5.38. The first kappa shape index (κ1) is 31.2. The zero-order chi connectivity index (χ0) is 33.4. The van der Waals surface area contributed by atoms with E-state index in [2.05, 4.69) is 5.10 Å². The molecule has 4 aromatic carbocycles. The molecule has 0 saturated carbocycles. The maximum absolute atomic E-state index is 14.1. The van der Waals surface area contributed by atoms with Gasteiger partial charge in [0.2, 0.25) is 5.91 Å². The zero-order valence-corrected chi connectivity index (χ0v) is 26.6. The number of rotatable bonds is 8. The van der Waals surface area contributed by atoms with Crippen LogP contribution in [0.25, 0.3) is 16.5 Å². The van der Waals surface area contributed by atoms with Crippen LogP contribution in [0.3, 0.4) is 0 Å². The van der Waals surface area contributed by atoms with E-state index in [9.17, 15) is 24.6 Å². The van der Waals surface area contributed by atoms with Crippen molar-refractivity contribution < 1.29 is 19.8 Å². The lowest BCUT2D eigenvalue weighted by atomic mass is 9.83. The first-order chi connectivity index (χ1) is 23.3. The number of nitrogens with zero attached hydrogens (tertiary/aromatic N) is 4. The summed E-state index contributed by atoms with van der Waals surface area (Å²) in [6.07, 6.45) is 5.75. The van der Waals surface area contributed by atoms with Crippen molar-refractivity contribution in [3.8, 4) is 5.69 Å². The van der Waals surface area contributed by atoms with Crippen LogP contribution >= 0.6 is 0 Å². The molecule has 9 nitrogen and oxygen atoms in total. The number of carbonyl (C=O) groups is 2. The summed E-state index contributed by atoms with van der Waals surface area (Å²) >= 11 is 0. The summed E-state index contributed by atoms with van der Waals surface area (Å²) in [6, 6.07) is 29.4. The first-order valence-corrected chi connectivity index (χ1v) is 16.1. The van der Waals surface area contributed by atoms with Gasteiger partial charge in [-0.05, 0) is 47.4 Å². The summed E-state index contributed by atoms with van der Waals surface area (Å²) in [5, 5.41) is 27.8. The number of anilines is 1. The topological polar surface area (TPSA) is 116 Å². The summed E-state index contributed by atoms with van der Waals surface area (Å²) in [5.41, 5.74) is 2.56. The molecule has 1 aromatic heterocycles. The molecule has 3 atom stereocenters. The van der Waals surface area contributed by atoms with Crippen molar-refractivity contribution in [2.45, 2.75) is 44.5 Å². The molecule has 0 bridgehead atoms. The van der Waals surface area contributed by atoms with Crippen LogP contribution < -0.4 is 10.5 Å². The number of aliphatic hydroxyl groups excluding tert-OH is 1. The van der Waals surface area contributed by atoms with Gasteiger partial charge in [0.15, 0.2) is 5.60 Å². The molecule has 0 spiro atoms. The third-order valence-electron chi connectivity index (χ3n) is 9.63. The predicted octanol–water partition coefficient (Wildman–Crippen LogP) is 4.65. The Labute approximate surface area is 278 Å². The average molecular weight is 641 g/mol. The standard InChI is InChI=1S/C39H36N4O5/c1-26(10-8-19-36(45)41-24-30-14-3-2-12-28(30)21-32(41)25-44)39(48)34-17-6-7-18-35(34)42(38(39)47)23-27-11-9-15-31(20-27)43-37(46)33-16-5-4-13-29(33)22-40-43/h2-18,20,22,26,32,44,48H,19,21,23-25H2,1H3/b10-8+/t26-,32-,39+/m0/s1. The monoisotopic (exact) mass is 640 g/mol. The van der Waals surface area contributed by atoms with Crippen LogP contribution in [-0.2, 0) is 34.7 Å². The van der Waals surface area contributed by atoms with Crippen molar-refractivity contribution in [1.82, 2.24) is 14.7 Å². The SMILES string of the molecule is C[C@@H](/C=C/CC(=O)N1Cc2ccccc2C[C@H]1CO)[C@]1(O)C(=O)N(Cc2cccc(-n3ncc4ccccc4c3=O)c2)c2ccccc21. The second kappa shape index (κ2) is 12.7. The van der Waals surface area contributed by atoms with E-state index in [-0.39, 0.29) is 37.1 Å². The Balaban J connectivity index is 1.10. The number of hydrogen-bond acceptors (Lipinski definition) is 6. The van der Waals surface area contributed by atoms with Crippen LogP contribution in [0.15, 0.2) is 120 Å². The van der Waals surface area contributed by atoms with E-state index >= 15 is 0 Å². The summed E-state index contributed by atoms with van der Waals surface area (Å²) in [6.45, 7) is 2.24. The third kappa shape index (κ3) is 5.40. The molecule has 0 unspecified atom stereocenters. The summed E-state index contributed by atoms with van der Waals surface area (Å²) in [5.74, 6) is -1.24. The number of amides is 2. The van der Waals surface area contributed by atoms with Gasteiger partial charge in [-0.3, -0.25) is 14.4 Å². The minimum Gasteiger partial charge on any atom is -0.394 e. The predicted molar refractivity (Wildman–Crippen MR) is 183 cm³/mol. The molecular formula is C39H36N4O5. The average Bonchev–Trinajstić information content (AvgIpc) is 3.33. The van der Waals surface area contributed by atoms with Gasteiger partial charge in [0.25, 0.3) is 11.5 Å². The molecule has 2 N–H and O–H groups in total. The fourth-order valence-electron chi connectivity index (χ4n) is 6.97. The molecule has 2 aliphatic rings. The fraction of sp³-hybridized carbons (Fsp3) is 0.231. The van der Waals surface area contributed by atoms with Gasteiger partial charge in [0.1, 0.15) is 0 Å². The third-order valence-corrected chi connectivity index (χ3v) is 9.63. The molecule has 0 aliphatic carbocycles. The summed E-state index contributed by atoms with van der Waals surface area (Å²) in [7, 11) is 0. The largest absolute Gasteiger partial charge is 0.394 e. The van der Waals surface area contributed by atoms with E-state index in [0.29, 0.717) is 35.3 Å². The number of para-hydroxylation sites is 1.